The Kier molecular flexibility index (Phi) is 10.2. The van der Waals surface area contributed by atoms with Crippen molar-refractivity contribution in [3.63, 3.8) is 0 Å². The van der Waals surface area contributed by atoms with Crippen LogP contribution in [0.1, 0.15) is 55.4 Å². The standard InChI is InChI=1S/C18H33N5O2S/c1-5-18(6-2,8-11-24)12-22-17(19-7-3)21-10-9-20-16(25)15-14(4)23-13-26-15/h13,24H,5-12H2,1-4H3,(H,20,25)(H2,19,21,22). The molecular weight excluding hydrogens is 350 g/mol. The predicted molar refractivity (Wildman–Crippen MR) is 108 cm³/mol. The summed E-state index contributed by atoms with van der Waals surface area (Å²) in [6.07, 6.45) is 2.72. The second kappa shape index (κ2) is 11.9. The lowest BCUT2D eigenvalue weighted by Gasteiger charge is -2.29. The van der Waals surface area contributed by atoms with Gasteiger partial charge in [-0.15, -0.1) is 11.3 Å². The molecule has 1 aromatic heterocycles. The van der Waals surface area contributed by atoms with Crippen molar-refractivity contribution in [2.75, 3.05) is 32.8 Å². The minimum absolute atomic E-state index is 0.0367. The zero-order valence-corrected chi connectivity index (χ0v) is 17.2. The van der Waals surface area contributed by atoms with Crippen LogP contribution in [-0.2, 0) is 0 Å². The number of aryl methyl sites for hydroxylation is 1. The van der Waals surface area contributed by atoms with Gasteiger partial charge in [0.15, 0.2) is 5.96 Å². The molecule has 0 atom stereocenters. The Labute approximate surface area is 160 Å². The van der Waals surface area contributed by atoms with Gasteiger partial charge in [-0.3, -0.25) is 9.79 Å². The van der Waals surface area contributed by atoms with Crippen LogP contribution in [-0.4, -0.2) is 54.7 Å². The third kappa shape index (κ3) is 6.92. The van der Waals surface area contributed by atoms with Crippen molar-refractivity contribution < 1.29 is 9.90 Å². The van der Waals surface area contributed by atoms with Gasteiger partial charge in [0.2, 0.25) is 0 Å². The third-order valence-corrected chi connectivity index (χ3v) is 5.64. The zero-order chi connectivity index (χ0) is 19.4. The molecule has 0 fully saturated rings. The summed E-state index contributed by atoms with van der Waals surface area (Å²) in [4.78, 5) is 21.5. The molecule has 26 heavy (non-hydrogen) atoms. The fourth-order valence-electron chi connectivity index (χ4n) is 2.69. The molecule has 0 aliphatic rings. The number of nitrogens with zero attached hydrogens (tertiary/aromatic N) is 2. The van der Waals surface area contributed by atoms with Crippen molar-refractivity contribution in [3.05, 3.63) is 16.1 Å². The minimum atomic E-state index is -0.0901. The topological polar surface area (TPSA) is 98.6 Å². The number of nitrogens with one attached hydrogen (secondary N) is 3. The first-order chi connectivity index (χ1) is 12.5. The Morgan fingerprint density at radius 3 is 2.46 bits per heavy atom. The fourth-order valence-corrected chi connectivity index (χ4v) is 3.41. The van der Waals surface area contributed by atoms with Gasteiger partial charge in [-0.1, -0.05) is 13.8 Å². The maximum atomic E-state index is 12.1. The van der Waals surface area contributed by atoms with Gasteiger partial charge in [0.25, 0.3) is 5.91 Å². The monoisotopic (exact) mass is 383 g/mol. The van der Waals surface area contributed by atoms with Crippen molar-refractivity contribution in [1.29, 1.82) is 0 Å². The number of carbonyl (C=O) groups is 1. The number of rotatable bonds is 11. The maximum Gasteiger partial charge on any atom is 0.263 e. The van der Waals surface area contributed by atoms with Crippen molar-refractivity contribution in [3.8, 4) is 0 Å². The van der Waals surface area contributed by atoms with E-state index in [1.807, 2.05) is 13.8 Å². The van der Waals surface area contributed by atoms with Gasteiger partial charge in [0.1, 0.15) is 4.88 Å². The number of aliphatic imine (C=N–C) groups is 1. The number of thiazole rings is 1. The molecule has 0 saturated carbocycles. The number of guanidine groups is 1. The van der Waals surface area contributed by atoms with Crippen molar-refractivity contribution in [2.45, 2.75) is 47.0 Å². The van der Waals surface area contributed by atoms with E-state index < -0.39 is 0 Å². The molecule has 4 N–H and O–H groups in total. The van der Waals surface area contributed by atoms with Crippen LogP contribution in [0.2, 0.25) is 0 Å². The molecule has 0 aromatic carbocycles. The predicted octanol–water partition coefficient (Wildman–Crippen LogP) is 1.93. The average molecular weight is 384 g/mol. The lowest BCUT2D eigenvalue weighted by molar-refractivity contribution is 0.0957. The number of aliphatic hydroxyl groups excluding tert-OH is 1. The van der Waals surface area contributed by atoms with Crippen LogP contribution in [0.4, 0.5) is 0 Å². The second-order valence-electron chi connectivity index (χ2n) is 6.33. The molecule has 0 aliphatic heterocycles. The lowest BCUT2D eigenvalue weighted by atomic mass is 9.79. The summed E-state index contributed by atoms with van der Waals surface area (Å²) < 4.78 is 0. The van der Waals surface area contributed by atoms with Crippen LogP contribution in [0.25, 0.3) is 0 Å². The quantitative estimate of drug-likeness (QED) is 0.266. The van der Waals surface area contributed by atoms with Crippen LogP contribution >= 0.6 is 11.3 Å². The summed E-state index contributed by atoms with van der Waals surface area (Å²) >= 11 is 1.35. The Hall–Kier alpha value is -1.67. The van der Waals surface area contributed by atoms with Gasteiger partial charge in [-0.25, -0.2) is 4.98 Å². The van der Waals surface area contributed by atoms with Crippen LogP contribution in [0.5, 0.6) is 0 Å². The Bertz CT molecular complexity index is 570. The number of aliphatic hydroxyl groups is 1. The van der Waals surface area contributed by atoms with Gasteiger partial charge in [0.05, 0.1) is 11.2 Å². The normalized spacial score (nSPS) is 12.1. The van der Waals surface area contributed by atoms with Gasteiger partial charge in [0, 0.05) is 32.8 Å². The second-order valence-corrected chi connectivity index (χ2v) is 7.18. The van der Waals surface area contributed by atoms with E-state index in [1.165, 1.54) is 11.3 Å². The summed E-state index contributed by atoms with van der Waals surface area (Å²) in [7, 11) is 0. The third-order valence-electron chi connectivity index (χ3n) is 4.71. The summed E-state index contributed by atoms with van der Waals surface area (Å²) in [5.41, 5.74) is 2.47. The van der Waals surface area contributed by atoms with E-state index in [1.54, 1.807) is 5.51 Å². The Morgan fingerprint density at radius 2 is 1.92 bits per heavy atom. The SMILES string of the molecule is CCNC(=NCC(CC)(CC)CCO)NCCNC(=O)c1scnc1C. The largest absolute Gasteiger partial charge is 0.396 e. The van der Waals surface area contributed by atoms with Gasteiger partial charge in [-0.05, 0) is 38.5 Å². The zero-order valence-electron chi connectivity index (χ0n) is 16.4. The molecule has 148 valence electrons. The van der Waals surface area contributed by atoms with E-state index >= 15 is 0 Å². The molecule has 0 spiro atoms. The van der Waals surface area contributed by atoms with Crippen molar-refractivity contribution in [1.82, 2.24) is 20.9 Å². The van der Waals surface area contributed by atoms with Crippen molar-refractivity contribution in [2.24, 2.45) is 10.4 Å². The first kappa shape index (κ1) is 22.4. The van der Waals surface area contributed by atoms with E-state index in [-0.39, 0.29) is 17.9 Å². The highest BCUT2D eigenvalue weighted by atomic mass is 32.1. The molecule has 0 aliphatic carbocycles. The first-order valence-electron chi connectivity index (χ1n) is 9.33. The van der Waals surface area contributed by atoms with Crippen LogP contribution in [0, 0.1) is 12.3 Å². The highest BCUT2D eigenvalue weighted by Gasteiger charge is 2.25. The number of amides is 1. The molecule has 0 bridgehead atoms. The molecular formula is C18H33N5O2S. The molecule has 1 aromatic rings. The molecule has 7 nitrogen and oxygen atoms in total. The number of hydrogen-bond acceptors (Lipinski definition) is 5. The van der Waals surface area contributed by atoms with Crippen LogP contribution < -0.4 is 16.0 Å². The molecule has 8 heteroatoms. The summed E-state index contributed by atoms with van der Waals surface area (Å²) in [5, 5.41) is 18.7. The van der Waals surface area contributed by atoms with Gasteiger partial charge < -0.3 is 21.1 Å². The first-order valence-corrected chi connectivity index (χ1v) is 10.2. The molecule has 0 saturated heterocycles. The summed E-state index contributed by atoms with van der Waals surface area (Å²) in [5.74, 6) is 0.646. The average Bonchev–Trinajstić information content (AvgIpc) is 3.08. The summed E-state index contributed by atoms with van der Waals surface area (Å²) in [6.45, 7) is 10.9. The molecule has 0 radical (unpaired) electrons. The number of hydrogen-bond donors (Lipinski definition) is 4. The molecule has 1 amide bonds. The highest BCUT2D eigenvalue weighted by molar-refractivity contribution is 7.11. The minimum Gasteiger partial charge on any atom is -0.396 e. The van der Waals surface area contributed by atoms with Gasteiger partial charge in [-0.2, -0.15) is 0 Å². The van der Waals surface area contributed by atoms with E-state index in [9.17, 15) is 9.90 Å². The van der Waals surface area contributed by atoms with E-state index in [2.05, 4.69) is 39.8 Å². The Morgan fingerprint density at radius 1 is 1.23 bits per heavy atom. The van der Waals surface area contributed by atoms with E-state index in [0.29, 0.717) is 24.5 Å². The molecule has 0 unspecified atom stereocenters. The Balaban J connectivity index is 2.51. The number of carbonyl (C=O) groups excluding carboxylic acids is 1. The molecule has 1 rings (SSSR count). The number of aromatic nitrogens is 1. The van der Waals surface area contributed by atoms with E-state index in [0.717, 1.165) is 37.5 Å². The molecule has 1 heterocycles. The van der Waals surface area contributed by atoms with Crippen LogP contribution in [0.15, 0.2) is 10.5 Å². The van der Waals surface area contributed by atoms with Crippen molar-refractivity contribution >= 4 is 23.2 Å². The van der Waals surface area contributed by atoms with Crippen LogP contribution in [0.3, 0.4) is 0 Å². The fraction of sp³-hybridized carbons (Fsp3) is 0.722. The lowest BCUT2D eigenvalue weighted by Crippen LogP contribution is -2.42. The summed E-state index contributed by atoms with van der Waals surface area (Å²) in [6, 6.07) is 0. The van der Waals surface area contributed by atoms with E-state index in [4.69, 9.17) is 0 Å². The highest BCUT2D eigenvalue weighted by Crippen LogP contribution is 2.30. The van der Waals surface area contributed by atoms with Gasteiger partial charge >= 0.3 is 0 Å². The smallest absolute Gasteiger partial charge is 0.263 e. The maximum absolute atomic E-state index is 12.1.